The molecule has 1 amide bonds. The van der Waals surface area contributed by atoms with Gasteiger partial charge in [-0.25, -0.2) is 4.98 Å². The van der Waals surface area contributed by atoms with E-state index in [1.807, 2.05) is 6.07 Å². The van der Waals surface area contributed by atoms with Crippen molar-refractivity contribution in [1.29, 1.82) is 5.26 Å². The minimum Gasteiger partial charge on any atom is -0.301 e. The molecule has 0 saturated heterocycles. The van der Waals surface area contributed by atoms with Crippen molar-refractivity contribution < 1.29 is 18.0 Å². The van der Waals surface area contributed by atoms with Gasteiger partial charge in [-0.2, -0.15) is 23.5 Å². The van der Waals surface area contributed by atoms with Gasteiger partial charge in [0.2, 0.25) is 5.95 Å². The van der Waals surface area contributed by atoms with E-state index in [4.69, 9.17) is 5.26 Å². The van der Waals surface area contributed by atoms with Crippen LogP contribution in [0, 0.1) is 18.3 Å². The number of carbonyl (C=O) groups excluding carboxylic acids is 1. The summed E-state index contributed by atoms with van der Waals surface area (Å²) in [6, 6.07) is 7.48. The number of aromatic amines is 1. The van der Waals surface area contributed by atoms with Crippen LogP contribution in [-0.4, -0.2) is 31.8 Å². The molecular formula is C15H11F3N6O. The standard InChI is InChI=1S/C15H11F3N6O/c1-8-4-11(23-22-8)13(25)21-14-20-10-3-2-9(6-19)5-12(10)24(14)7-15(16,17)18/h2-5H,7H2,1H3,(H,22,23)(H,20,21,25). The lowest BCUT2D eigenvalue weighted by Gasteiger charge is -2.12. The number of carbonyl (C=O) groups is 1. The lowest BCUT2D eigenvalue weighted by atomic mass is 10.2. The first-order valence-corrected chi connectivity index (χ1v) is 7.07. The molecule has 3 rings (SSSR count). The fourth-order valence-corrected chi connectivity index (χ4v) is 2.33. The summed E-state index contributed by atoms with van der Waals surface area (Å²) in [5.41, 5.74) is 1.19. The number of alkyl halides is 3. The molecule has 0 fully saturated rings. The number of aromatic nitrogens is 4. The van der Waals surface area contributed by atoms with Crippen LogP contribution in [-0.2, 0) is 6.54 Å². The predicted molar refractivity (Wildman–Crippen MR) is 81.8 cm³/mol. The number of anilines is 1. The van der Waals surface area contributed by atoms with Gasteiger partial charge < -0.3 is 4.57 Å². The first-order chi connectivity index (χ1) is 11.8. The molecule has 1 aromatic carbocycles. The Bertz CT molecular complexity index is 995. The Morgan fingerprint density at radius 3 is 2.76 bits per heavy atom. The van der Waals surface area contributed by atoms with Crippen LogP contribution in [0.1, 0.15) is 21.7 Å². The van der Waals surface area contributed by atoms with E-state index in [-0.39, 0.29) is 28.2 Å². The summed E-state index contributed by atoms with van der Waals surface area (Å²) < 4.78 is 39.6. The number of hydrogen-bond acceptors (Lipinski definition) is 4. The molecule has 0 bridgehead atoms. The van der Waals surface area contributed by atoms with Gasteiger partial charge in [0.05, 0.1) is 22.7 Å². The number of aryl methyl sites for hydroxylation is 1. The van der Waals surface area contributed by atoms with E-state index < -0.39 is 18.6 Å². The molecular weight excluding hydrogens is 337 g/mol. The molecule has 0 spiro atoms. The summed E-state index contributed by atoms with van der Waals surface area (Å²) in [7, 11) is 0. The van der Waals surface area contributed by atoms with Crippen LogP contribution in [0.15, 0.2) is 24.3 Å². The Balaban J connectivity index is 2.05. The third-order valence-corrected chi connectivity index (χ3v) is 3.38. The lowest BCUT2D eigenvalue weighted by Crippen LogP contribution is -2.22. The molecule has 0 saturated carbocycles. The Labute approximate surface area is 139 Å². The van der Waals surface area contributed by atoms with Gasteiger partial charge in [-0.05, 0) is 31.2 Å². The van der Waals surface area contributed by atoms with Gasteiger partial charge in [-0.1, -0.05) is 0 Å². The summed E-state index contributed by atoms with van der Waals surface area (Å²) in [4.78, 5) is 16.2. The summed E-state index contributed by atoms with van der Waals surface area (Å²) >= 11 is 0. The lowest BCUT2D eigenvalue weighted by molar-refractivity contribution is -0.139. The average Bonchev–Trinajstić information content (AvgIpc) is 3.10. The molecule has 0 aliphatic heterocycles. The normalized spacial score (nSPS) is 11.5. The van der Waals surface area contributed by atoms with Crippen molar-refractivity contribution >= 4 is 22.9 Å². The van der Waals surface area contributed by atoms with Gasteiger partial charge in [-0.3, -0.25) is 15.2 Å². The van der Waals surface area contributed by atoms with Gasteiger partial charge in [0.1, 0.15) is 6.54 Å². The molecule has 0 aliphatic rings. The SMILES string of the molecule is Cc1cc(C(=O)Nc2nc3ccc(C#N)cc3n2CC(F)(F)F)n[nH]1. The van der Waals surface area contributed by atoms with Gasteiger partial charge in [0.25, 0.3) is 5.91 Å². The molecule has 2 aromatic heterocycles. The van der Waals surface area contributed by atoms with Crippen LogP contribution < -0.4 is 5.32 Å². The van der Waals surface area contributed by atoms with Crippen molar-refractivity contribution in [1.82, 2.24) is 19.7 Å². The van der Waals surface area contributed by atoms with Crippen LogP contribution >= 0.6 is 0 Å². The van der Waals surface area contributed by atoms with Crippen molar-refractivity contribution in [3.05, 3.63) is 41.2 Å². The molecule has 2 heterocycles. The van der Waals surface area contributed by atoms with Gasteiger partial charge in [0, 0.05) is 5.69 Å². The van der Waals surface area contributed by atoms with Crippen LogP contribution in [0.3, 0.4) is 0 Å². The number of nitrogens with one attached hydrogen (secondary N) is 2. The van der Waals surface area contributed by atoms with E-state index >= 15 is 0 Å². The number of halogens is 3. The van der Waals surface area contributed by atoms with E-state index in [1.165, 1.54) is 24.3 Å². The third kappa shape index (κ3) is 3.45. The first kappa shape index (κ1) is 16.5. The highest BCUT2D eigenvalue weighted by atomic mass is 19.4. The summed E-state index contributed by atoms with van der Waals surface area (Å²) in [5, 5.41) is 17.6. The van der Waals surface area contributed by atoms with E-state index in [0.29, 0.717) is 5.69 Å². The minimum atomic E-state index is -4.53. The summed E-state index contributed by atoms with van der Waals surface area (Å²) in [6.45, 7) is 0.333. The topological polar surface area (TPSA) is 99.4 Å². The van der Waals surface area contributed by atoms with Crippen molar-refractivity contribution in [2.45, 2.75) is 19.6 Å². The average molecular weight is 348 g/mol. The number of amides is 1. The summed E-state index contributed by atoms with van der Waals surface area (Å²) in [6.07, 6.45) is -4.53. The number of rotatable bonds is 3. The molecule has 0 unspecified atom stereocenters. The highest BCUT2D eigenvalue weighted by Crippen LogP contribution is 2.26. The second kappa shape index (κ2) is 5.94. The van der Waals surface area contributed by atoms with E-state index in [0.717, 1.165) is 4.57 Å². The van der Waals surface area contributed by atoms with Gasteiger partial charge >= 0.3 is 6.18 Å². The zero-order chi connectivity index (χ0) is 18.2. The fraction of sp³-hybridized carbons (Fsp3) is 0.200. The number of nitriles is 1. The smallest absolute Gasteiger partial charge is 0.301 e. The molecule has 0 radical (unpaired) electrons. The number of H-pyrrole nitrogens is 1. The van der Waals surface area contributed by atoms with E-state index in [9.17, 15) is 18.0 Å². The van der Waals surface area contributed by atoms with Crippen LogP contribution in [0.2, 0.25) is 0 Å². The molecule has 0 atom stereocenters. The first-order valence-electron chi connectivity index (χ1n) is 7.07. The number of fused-ring (bicyclic) bond motifs is 1. The Morgan fingerprint density at radius 1 is 1.40 bits per heavy atom. The monoisotopic (exact) mass is 348 g/mol. The zero-order valence-electron chi connectivity index (χ0n) is 12.8. The maximum atomic E-state index is 12.9. The molecule has 25 heavy (non-hydrogen) atoms. The minimum absolute atomic E-state index is 0.0285. The van der Waals surface area contributed by atoms with Crippen LogP contribution in [0.25, 0.3) is 11.0 Å². The van der Waals surface area contributed by atoms with Gasteiger partial charge in [0.15, 0.2) is 5.69 Å². The third-order valence-electron chi connectivity index (χ3n) is 3.38. The highest BCUT2D eigenvalue weighted by Gasteiger charge is 2.31. The Kier molecular flexibility index (Phi) is 3.92. The zero-order valence-corrected chi connectivity index (χ0v) is 12.8. The molecule has 0 aliphatic carbocycles. The maximum absolute atomic E-state index is 12.9. The molecule has 7 nitrogen and oxygen atoms in total. The molecule has 128 valence electrons. The van der Waals surface area contributed by atoms with E-state index in [1.54, 1.807) is 6.92 Å². The maximum Gasteiger partial charge on any atom is 0.406 e. The number of imidazole rings is 1. The summed E-state index contributed by atoms with van der Waals surface area (Å²) in [5.74, 6) is -0.961. The quantitative estimate of drug-likeness (QED) is 0.760. The molecule has 3 aromatic rings. The number of nitrogens with zero attached hydrogens (tertiary/aromatic N) is 4. The number of hydrogen-bond donors (Lipinski definition) is 2. The Morgan fingerprint density at radius 2 is 2.16 bits per heavy atom. The largest absolute Gasteiger partial charge is 0.406 e. The highest BCUT2D eigenvalue weighted by molar-refractivity contribution is 6.02. The van der Waals surface area contributed by atoms with Crippen molar-refractivity contribution in [3.8, 4) is 6.07 Å². The number of benzene rings is 1. The molecule has 10 heteroatoms. The Hall–Kier alpha value is -3.35. The second-order valence-corrected chi connectivity index (χ2v) is 5.34. The van der Waals surface area contributed by atoms with E-state index in [2.05, 4.69) is 20.5 Å². The van der Waals surface area contributed by atoms with Crippen LogP contribution in [0.5, 0.6) is 0 Å². The van der Waals surface area contributed by atoms with Crippen molar-refractivity contribution in [2.75, 3.05) is 5.32 Å². The van der Waals surface area contributed by atoms with Crippen molar-refractivity contribution in [2.24, 2.45) is 0 Å². The van der Waals surface area contributed by atoms with Gasteiger partial charge in [-0.15, -0.1) is 0 Å². The molecule has 2 N–H and O–H groups in total. The van der Waals surface area contributed by atoms with Crippen LogP contribution in [0.4, 0.5) is 19.1 Å². The predicted octanol–water partition coefficient (Wildman–Crippen LogP) is 2.75. The fourth-order valence-electron chi connectivity index (χ4n) is 2.33. The second-order valence-electron chi connectivity index (χ2n) is 5.34. The van der Waals surface area contributed by atoms with Crippen molar-refractivity contribution in [3.63, 3.8) is 0 Å².